The number of para-hydroxylation sites is 2. The van der Waals surface area contributed by atoms with Crippen molar-refractivity contribution in [1.29, 1.82) is 0 Å². The summed E-state index contributed by atoms with van der Waals surface area (Å²) in [7, 11) is 0. The maximum Gasteiger partial charge on any atom is 0.264 e. The highest BCUT2D eigenvalue weighted by Crippen LogP contribution is 2.42. The van der Waals surface area contributed by atoms with Crippen LogP contribution in [0.2, 0.25) is 0 Å². The van der Waals surface area contributed by atoms with Crippen molar-refractivity contribution < 1.29 is 24.2 Å². The molecule has 0 fully saturated rings. The lowest BCUT2D eigenvalue weighted by Crippen LogP contribution is -2.43. The van der Waals surface area contributed by atoms with E-state index in [1.54, 1.807) is 48.5 Å². The highest BCUT2D eigenvalue weighted by atomic mass is 16.5. The second-order valence-corrected chi connectivity index (χ2v) is 7.55. The molecule has 0 spiro atoms. The maximum atomic E-state index is 13.3. The van der Waals surface area contributed by atoms with Gasteiger partial charge in [-0.1, -0.05) is 36.4 Å². The van der Waals surface area contributed by atoms with Gasteiger partial charge in [0.1, 0.15) is 18.1 Å². The van der Waals surface area contributed by atoms with Crippen LogP contribution in [-0.4, -0.2) is 36.6 Å². The number of aliphatic hydroxyl groups is 1. The third-order valence-corrected chi connectivity index (χ3v) is 5.47. The molecule has 1 N–H and O–H groups in total. The lowest BCUT2D eigenvalue weighted by molar-refractivity contribution is -0.135. The van der Waals surface area contributed by atoms with Crippen molar-refractivity contribution >= 4 is 17.4 Å². The van der Waals surface area contributed by atoms with Gasteiger partial charge in [0.05, 0.1) is 25.3 Å². The van der Waals surface area contributed by atoms with Crippen LogP contribution in [0, 0.1) is 0 Å². The van der Waals surface area contributed by atoms with Crippen molar-refractivity contribution in [3.05, 3.63) is 90.0 Å². The van der Waals surface area contributed by atoms with Crippen molar-refractivity contribution in [1.82, 2.24) is 0 Å². The number of benzene rings is 3. The number of amides is 1. The fourth-order valence-electron chi connectivity index (χ4n) is 3.91. The molecule has 0 unspecified atom stereocenters. The van der Waals surface area contributed by atoms with Gasteiger partial charge in [0.25, 0.3) is 5.91 Å². The molecule has 32 heavy (non-hydrogen) atoms. The molecule has 0 bridgehead atoms. The van der Waals surface area contributed by atoms with E-state index in [0.29, 0.717) is 34.9 Å². The summed E-state index contributed by atoms with van der Waals surface area (Å²) in [5.74, 6) is 0.527. The number of anilines is 1. The van der Waals surface area contributed by atoms with Gasteiger partial charge in [-0.25, -0.2) is 0 Å². The molecule has 0 radical (unpaired) electrons. The number of hydrogen-bond acceptors (Lipinski definition) is 5. The Morgan fingerprint density at radius 2 is 1.56 bits per heavy atom. The zero-order chi connectivity index (χ0) is 22.6. The fourth-order valence-corrected chi connectivity index (χ4v) is 3.91. The molecule has 1 atom stereocenters. The van der Waals surface area contributed by atoms with Crippen molar-refractivity contribution in [2.45, 2.75) is 18.9 Å². The Kier molecular flexibility index (Phi) is 6.23. The number of ketones is 1. The number of nitrogens with zero attached hydrogens (tertiary/aromatic N) is 1. The van der Waals surface area contributed by atoms with E-state index < -0.39 is 11.5 Å². The minimum atomic E-state index is -1.92. The highest BCUT2D eigenvalue weighted by Gasteiger charge is 2.50. The average molecular weight is 431 g/mol. The number of ether oxygens (including phenoxy) is 2. The van der Waals surface area contributed by atoms with Gasteiger partial charge in [-0.05, 0) is 49.4 Å². The van der Waals surface area contributed by atoms with Crippen LogP contribution < -0.4 is 14.4 Å². The second-order valence-electron chi connectivity index (χ2n) is 7.55. The summed E-state index contributed by atoms with van der Waals surface area (Å²) in [6, 6.07) is 23.0. The summed E-state index contributed by atoms with van der Waals surface area (Å²) in [5.41, 5.74) is -0.475. The SMILES string of the molecule is CCOc1ccc(C(=O)C[C@]2(O)C(=O)N(CCOc3ccccc3)c3ccccc32)cc1. The van der Waals surface area contributed by atoms with Gasteiger partial charge in [-0.2, -0.15) is 0 Å². The first-order chi connectivity index (χ1) is 15.5. The lowest BCUT2D eigenvalue weighted by Gasteiger charge is -2.23. The van der Waals surface area contributed by atoms with E-state index in [0.717, 1.165) is 0 Å². The van der Waals surface area contributed by atoms with Crippen LogP contribution in [0.4, 0.5) is 5.69 Å². The first-order valence-electron chi connectivity index (χ1n) is 10.6. The molecular formula is C26H25NO5. The topological polar surface area (TPSA) is 76.1 Å². The number of carbonyl (C=O) groups is 2. The van der Waals surface area contributed by atoms with Crippen LogP contribution in [0.1, 0.15) is 29.3 Å². The normalized spacial score (nSPS) is 17.2. The predicted octanol–water partition coefficient (Wildman–Crippen LogP) is 3.97. The van der Waals surface area contributed by atoms with Crippen LogP contribution in [0.15, 0.2) is 78.9 Å². The first kappa shape index (κ1) is 21.6. The van der Waals surface area contributed by atoms with E-state index >= 15 is 0 Å². The van der Waals surface area contributed by atoms with Crippen molar-refractivity contribution in [3.8, 4) is 11.5 Å². The monoisotopic (exact) mass is 431 g/mol. The molecule has 3 aromatic rings. The van der Waals surface area contributed by atoms with Gasteiger partial charge in [0.15, 0.2) is 11.4 Å². The number of Topliss-reactive ketones (excluding diaryl/α,β-unsaturated/α-hetero) is 1. The lowest BCUT2D eigenvalue weighted by atomic mass is 9.88. The molecule has 1 aliphatic rings. The van der Waals surface area contributed by atoms with E-state index in [4.69, 9.17) is 9.47 Å². The number of rotatable bonds is 9. The molecular weight excluding hydrogens is 406 g/mol. The van der Waals surface area contributed by atoms with Gasteiger partial charge in [-0.15, -0.1) is 0 Å². The molecule has 6 nitrogen and oxygen atoms in total. The number of hydrogen-bond donors (Lipinski definition) is 1. The van der Waals surface area contributed by atoms with E-state index in [1.165, 1.54) is 4.90 Å². The Labute approximate surface area is 187 Å². The molecule has 3 aromatic carbocycles. The van der Waals surface area contributed by atoms with Crippen LogP contribution in [0.25, 0.3) is 0 Å². The van der Waals surface area contributed by atoms with Gasteiger partial charge in [0, 0.05) is 11.1 Å². The summed E-state index contributed by atoms with van der Waals surface area (Å²) in [6.07, 6.45) is -0.340. The van der Waals surface area contributed by atoms with E-state index in [9.17, 15) is 14.7 Å². The van der Waals surface area contributed by atoms with Gasteiger partial charge < -0.3 is 19.5 Å². The zero-order valence-corrected chi connectivity index (χ0v) is 17.9. The van der Waals surface area contributed by atoms with Crippen LogP contribution >= 0.6 is 0 Å². The Balaban J connectivity index is 1.51. The largest absolute Gasteiger partial charge is 0.494 e. The van der Waals surface area contributed by atoms with Gasteiger partial charge in [0.2, 0.25) is 0 Å². The standard InChI is InChI=1S/C26H25NO5/c1-2-31-21-14-12-19(13-15-21)24(28)18-26(30)22-10-6-7-11-23(22)27(25(26)29)16-17-32-20-8-4-3-5-9-20/h3-15,30H,2,16-18H2,1H3/t26-/m1/s1. The second kappa shape index (κ2) is 9.24. The minimum absolute atomic E-state index is 0.254. The molecule has 0 saturated heterocycles. The van der Waals surface area contributed by atoms with Crippen molar-refractivity contribution in [2.24, 2.45) is 0 Å². The number of carbonyl (C=O) groups excluding carboxylic acids is 2. The van der Waals surface area contributed by atoms with E-state index in [-0.39, 0.29) is 25.4 Å². The van der Waals surface area contributed by atoms with E-state index in [2.05, 4.69) is 0 Å². The summed E-state index contributed by atoms with van der Waals surface area (Å²) in [6.45, 7) is 2.92. The molecule has 1 aliphatic heterocycles. The average Bonchev–Trinajstić information content (AvgIpc) is 3.02. The Bertz CT molecular complexity index is 1100. The summed E-state index contributed by atoms with van der Waals surface area (Å²) in [4.78, 5) is 27.7. The molecule has 1 amide bonds. The van der Waals surface area contributed by atoms with Crippen LogP contribution in [0.5, 0.6) is 11.5 Å². The fraction of sp³-hybridized carbons (Fsp3) is 0.231. The van der Waals surface area contributed by atoms with Gasteiger partial charge >= 0.3 is 0 Å². The third-order valence-electron chi connectivity index (χ3n) is 5.47. The first-order valence-corrected chi connectivity index (χ1v) is 10.6. The van der Waals surface area contributed by atoms with Crippen LogP contribution in [0.3, 0.4) is 0 Å². The molecule has 0 aromatic heterocycles. The Hall–Kier alpha value is -3.64. The maximum absolute atomic E-state index is 13.3. The summed E-state index contributed by atoms with van der Waals surface area (Å²) in [5, 5.41) is 11.4. The zero-order valence-electron chi connectivity index (χ0n) is 17.9. The van der Waals surface area contributed by atoms with Crippen LogP contribution in [-0.2, 0) is 10.4 Å². The Morgan fingerprint density at radius 3 is 2.28 bits per heavy atom. The molecule has 4 rings (SSSR count). The van der Waals surface area contributed by atoms with Crippen molar-refractivity contribution in [3.63, 3.8) is 0 Å². The molecule has 0 saturated carbocycles. The quantitative estimate of drug-likeness (QED) is 0.519. The van der Waals surface area contributed by atoms with Gasteiger partial charge in [-0.3, -0.25) is 9.59 Å². The molecule has 6 heteroatoms. The molecule has 1 heterocycles. The molecule has 164 valence electrons. The highest BCUT2D eigenvalue weighted by molar-refractivity contribution is 6.10. The van der Waals surface area contributed by atoms with E-state index in [1.807, 2.05) is 37.3 Å². The Morgan fingerprint density at radius 1 is 0.906 bits per heavy atom. The third kappa shape index (κ3) is 4.22. The summed E-state index contributed by atoms with van der Waals surface area (Å²) >= 11 is 0. The minimum Gasteiger partial charge on any atom is -0.494 e. The predicted molar refractivity (Wildman–Crippen MR) is 121 cm³/mol. The number of fused-ring (bicyclic) bond motifs is 1. The summed E-state index contributed by atoms with van der Waals surface area (Å²) < 4.78 is 11.1. The molecule has 0 aliphatic carbocycles. The smallest absolute Gasteiger partial charge is 0.264 e. The van der Waals surface area contributed by atoms with Crippen molar-refractivity contribution in [2.75, 3.05) is 24.7 Å².